The molecule has 1 unspecified atom stereocenters. The SMILES string of the molecule is CCC(O)c1ccn(CCCS(C)(=O)=O)c1. The Morgan fingerprint density at radius 2 is 2.19 bits per heavy atom. The molecule has 0 aliphatic heterocycles. The molecule has 0 aliphatic carbocycles. The van der Waals surface area contributed by atoms with Crippen LogP contribution in [0.15, 0.2) is 18.5 Å². The molecule has 1 aromatic heterocycles. The quantitative estimate of drug-likeness (QED) is 0.823. The highest BCUT2D eigenvalue weighted by Gasteiger charge is 2.06. The number of hydrogen-bond donors (Lipinski definition) is 1. The van der Waals surface area contributed by atoms with Crippen molar-refractivity contribution in [2.45, 2.75) is 32.4 Å². The van der Waals surface area contributed by atoms with Crippen LogP contribution >= 0.6 is 0 Å². The van der Waals surface area contributed by atoms with E-state index in [0.717, 1.165) is 5.56 Å². The fourth-order valence-electron chi connectivity index (χ4n) is 1.54. The first kappa shape index (κ1) is 13.3. The number of sulfone groups is 1. The molecule has 0 fully saturated rings. The van der Waals surface area contributed by atoms with E-state index in [0.29, 0.717) is 19.4 Å². The standard InChI is InChI=1S/C11H19NO3S/c1-3-11(13)10-5-7-12(9-10)6-4-8-16(2,14)15/h5,7,9,11,13H,3-4,6,8H2,1-2H3. The van der Waals surface area contributed by atoms with E-state index in [1.54, 1.807) is 0 Å². The van der Waals surface area contributed by atoms with Crippen LogP contribution in [-0.4, -0.2) is 30.1 Å². The Balaban J connectivity index is 2.47. The molecule has 0 radical (unpaired) electrons. The summed E-state index contributed by atoms with van der Waals surface area (Å²) < 4.78 is 23.8. The Morgan fingerprint density at radius 1 is 1.50 bits per heavy atom. The molecule has 0 spiro atoms. The average molecular weight is 245 g/mol. The van der Waals surface area contributed by atoms with E-state index < -0.39 is 15.9 Å². The molecule has 5 heteroatoms. The van der Waals surface area contributed by atoms with E-state index in [4.69, 9.17) is 0 Å². The molecule has 1 heterocycles. The zero-order chi connectivity index (χ0) is 12.2. The Labute approximate surface area is 96.8 Å². The molecule has 1 aromatic rings. The van der Waals surface area contributed by atoms with Gasteiger partial charge < -0.3 is 9.67 Å². The van der Waals surface area contributed by atoms with Crippen molar-refractivity contribution in [1.82, 2.24) is 4.57 Å². The van der Waals surface area contributed by atoms with Crippen LogP contribution in [0.5, 0.6) is 0 Å². The molecule has 0 bridgehead atoms. The van der Waals surface area contributed by atoms with Gasteiger partial charge in [0.1, 0.15) is 9.84 Å². The number of aliphatic hydroxyl groups is 1. The minimum absolute atomic E-state index is 0.205. The lowest BCUT2D eigenvalue weighted by Crippen LogP contribution is -2.06. The normalized spacial score (nSPS) is 13.9. The summed E-state index contributed by atoms with van der Waals surface area (Å²) in [5.74, 6) is 0.205. The summed E-state index contributed by atoms with van der Waals surface area (Å²) >= 11 is 0. The van der Waals surface area contributed by atoms with Gasteiger partial charge in [-0.25, -0.2) is 8.42 Å². The predicted molar refractivity (Wildman–Crippen MR) is 64.0 cm³/mol. The van der Waals surface area contributed by atoms with Gasteiger partial charge in [0.15, 0.2) is 0 Å². The van der Waals surface area contributed by atoms with Crippen molar-refractivity contribution in [3.8, 4) is 0 Å². The third-order valence-electron chi connectivity index (χ3n) is 2.48. The van der Waals surface area contributed by atoms with Gasteiger partial charge in [-0.1, -0.05) is 6.92 Å². The highest BCUT2D eigenvalue weighted by molar-refractivity contribution is 7.90. The summed E-state index contributed by atoms with van der Waals surface area (Å²) in [4.78, 5) is 0. The number of aryl methyl sites for hydroxylation is 1. The molecule has 16 heavy (non-hydrogen) atoms. The summed E-state index contributed by atoms with van der Waals surface area (Å²) in [6, 6.07) is 1.87. The van der Waals surface area contributed by atoms with E-state index in [-0.39, 0.29) is 5.75 Å². The van der Waals surface area contributed by atoms with Crippen LogP contribution < -0.4 is 0 Å². The summed E-state index contributed by atoms with van der Waals surface area (Å²) in [6.07, 6.45) is 5.86. The molecule has 1 rings (SSSR count). The van der Waals surface area contributed by atoms with Crippen LogP contribution in [0.4, 0.5) is 0 Å². The van der Waals surface area contributed by atoms with E-state index in [1.807, 2.05) is 30.0 Å². The molecule has 0 saturated heterocycles. The van der Waals surface area contributed by atoms with Crippen LogP contribution in [0.2, 0.25) is 0 Å². The van der Waals surface area contributed by atoms with E-state index in [2.05, 4.69) is 0 Å². The monoisotopic (exact) mass is 245 g/mol. The van der Waals surface area contributed by atoms with Crippen molar-refractivity contribution < 1.29 is 13.5 Å². The molecule has 0 aromatic carbocycles. The fraction of sp³-hybridized carbons (Fsp3) is 0.636. The third-order valence-corrected chi connectivity index (χ3v) is 3.51. The van der Waals surface area contributed by atoms with Gasteiger partial charge >= 0.3 is 0 Å². The molecular formula is C11H19NO3S. The smallest absolute Gasteiger partial charge is 0.147 e. The first-order chi connectivity index (χ1) is 7.42. The van der Waals surface area contributed by atoms with Gasteiger partial charge in [-0.2, -0.15) is 0 Å². The average Bonchev–Trinajstić information content (AvgIpc) is 2.63. The minimum Gasteiger partial charge on any atom is -0.388 e. The molecule has 0 saturated carbocycles. The van der Waals surface area contributed by atoms with Crippen molar-refractivity contribution in [2.75, 3.05) is 12.0 Å². The van der Waals surface area contributed by atoms with Gasteiger partial charge in [0.25, 0.3) is 0 Å². The molecule has 0 amide bonds. The second-order valence-corrected chi connectivity index (χ2v) is 6.35. The molecule has 1 atom stereocenters. The number of aliphatic hydroxyl groups excluding tert-OH is 1. The first-order valence-corrected chi connectivity index (χ1v) is 7.50. The van der Waals surface area contributed by atoms with Crippen molar-refractivity contribution in [3.63, 3.8) is 0 Å². The molecule has 4 nitrogen and oxygen atoms in total. The molecule has 1 N–H and O–H groups in total. The van der Waals surface area contributed by atoms with Crippen molar-refractivity contribution in [1.29, 1.82) is 0 Å². The maximum atomic E-state index is 10.9. The van der Waals surface area contributed by atoms with Crippen LogP contribution in [-0.2, 0) is 16.4 Å². The highest BCUT2D eigenvalue weighted by atomic mass is 32.2. The Hall–Kier alpha value is -0.810. The third kappa shape index (κ3) is 4.37. The predicted octanol–water partition coefficient (Wildman–Crippen LogP) is 1.37. The van der Waals surface area contributed by atoms with Crippen LogP contribution in [0, 0.1) is 0 Å². The highest BCUT2D eigenvalue weighted by Crippen LogP contribution is 2.16. The molecular weight excluding hydrogens is 226 g/mol. The van der Waals surface area contributed by atoms with Crippen molar-refractivity contribution in [2.24, 2.45) is 0 Å². The summed E-state index contributed by atoms with van der Waals surface area (Å²) in [6.45, 7) is 2.59. The maximum absolute atomic E-state index is 10.9. The summed E-state index contributed by atoms with van der Waals surface area (Å²) in [7, 11) is -2.87. The topological polar surface area (TPSA) is 59.3 Å². The van der Waals surface area contributed by atoms with Gasteiger partial charge in [0, 0.05) is 25.2 Å². The van der Waals surface area contributed by atoms with Gasteiger partial charge in [-0.3, -0.25) is 0 Å². The van der Waals surface area contributed by atoms with Gasteiger partial charge in [-0.15, -0.1) is 0 Å². The lowest BCUT2D eigenvalue weighted by atomic mass is 10.1. The molecule has 92 valence electrons. The van der Waals surface area contributed by atoms with Gasteiger partial charge in [0.2, 0.25) is 0 Å². The van der Waals surface area contributed by atoms with Crippen LogP contribution in [0.3, 0.4) is 0 Å². The number of rotatable bonds is 6. The zero-order valence-corrected chi connectivity index (χ0v) is 10.6. The van der Waals surface area contributed by atoms with E-state index in [1.165, 1.54) is 6.26 Å². The van der Waals surface area contributed by atoms with Crippen LogP contribution in [0.25, 0.3) is 0 Å². The first-order valence-electron chi connectivity index (χ1n) is 5.44. The van der Waals surface area contributed by atoms with Crippen molar-refractivity contribution in [3.05, 3.63) is 24.0 Å². The lowest BCUT2D eigenvalue weighted by molar-refractivity contribution is 0.173. The fourth-order valence-corrected chi connectivity index (χ4v) is 2.19. The molecule has 0 aliphatic rings. The number of hydrogen-bond acceptors (Lipinski definition) is 3. The second kappa shape index (κ2) is 5.50. The van der Waals surface area contributed by atoms with Crippen molar-refractivity contribution >= 4 is 9.84 Å². The van der Waals surface area contributed by atoms with Gasteiger partial charge in [-0.05, 0) is 24.5 Å². The van der Waals surface area contributed by atoms with E-state index in [9.17, 15) is 13.5 Å². The number of aromatic nitrogens is 1. The zero-order valence-electron chi connectivity index (χ0n) is 9.76. The Bertz CT molecular complexity index is 422. The Morgan fingerprint density at radius 3 is 2.75 bits per heavy atom. The second-order valence-electron chi connectivity index (χ2n) is 4.09. The van der Waals surface area contributed by atoms with Crippen LogP contribution in [0.1, 0.15) is 31.4 Å². The summed E-state index contributed by atoms with van der Waals surface area (Å²) in [5, 5.41) is 9.59. The minimum atomic E-state index is -2.87. The lowest BCUT2D eigenvalue weighted by Gasteiger charge is -2.04. The largest absolute Gasteiger partial charge is 0.388 e. The Kier molecular flexibility index (Phi) is 4.56. The summed E-state index contributed by atoms with van der Waals surface area (Å²) in [5.41, 5.74) is 0.891. The number of nitrogens with zero attached hydrogens (tertiary/aromatic N) is 1. The van der Waals surface area contributed by atoms with E-state index >= 15 is 0 Å². The maximum Gasteiger partial charge on any atom is 0.147 e. The van der Waals surface area contributed by atoms with Gasteiger partial charge in [0.05, 0.1) is 11.9 Å².